The number of alkyl halides is 2. The second kappa shape index (κ2) is 6.00. The Kier molecular flexibility index (Phi) is 4.33. The van der Waals surface area contributed by atoms with Crippen LogP contribution in [0.2, 0.25) is 0 Å². The van der Waals surface area contributed by atoms with E-state index in [9.17, 15) is 18.4 Å². The van der Waals surface area contributed by atoms with Crippen LogP contribution in [0.25, 0.3) is 0 Å². The fourth-order valence-electron chi connectivity index (χ4n) is 2.06. The molecule has 1 atom stereocenters. The van der Waals surface area contributed by atoms with Crippen molar-refractivity contribution < 1.29 is 28.2 Å². The summed E-state index contributed by atoms with van der Waals surface area (Å²) in [6.07, 6.45) is -2.24. The van der Waals surface area contributed by atoms with E-state index in [2.05, 4.69) is 0 Å². The second-order valence-corrected chi connectivity index (χ2v) is 4.39. The third kappa shape index (κ3) is 3.13. The van der Waals surface area contributed by atoms with Gasteiger partial charge in [0.2, 0.25) is 0 Å². The molecule has 1 saturated heterocycles. The van der Waals surface area contributed by atoms with Gasteiger partial charge in [-0.25, -0.2) is 13.6 Å². The highest BCUT2D eigenvalue weighted by atomic mass is 19.3. The van der Waals surface area contributed by atoms with Gasteiger partial charge in [0, 0.05) is 12.7 Å². The molecule has 1 aromatic heterocycles. The molecule has 6 nitrogen and oxygen atoms in total. The Morgan fingerprint density at radius 1 is 1.50 bits per heavy atom. The summed E-state index contributed by atoms with van der Waals surface area (Å²) in [6.45, 7) is -0.310. The number of carboxylic acid groups (broad SMARTS) is 1. The van der Waals surface area contributed by atoms with E-state index in [0.717, 1.165) is 4.57 Å². The number of hydrogen-bond acceptors (Lipinski definition) is 3. The van der Waals surface area contributed by atoms with Gasteiger partial charge in [-0.05, 0) is 12.1 Å². The van der Waals surface area contributed by atoms with Gasteiger partial charge in [-0.2, -0.15) is 0 Å². The molecular weight excluding hydrogens is 274 g/mol. The number of amides is 1. The van der Waals surface area contributed by atoms with Gasteiger partial charge in [0.1, 0.15) is 5.69 Å². The lowest BCUT2D eigenvalue weighted by atomic mass is 10.2. The number of halogens is 2. The van der Waals surface area contributed by atoms with Gasteiger partial charge in [0.25, 0.3) is 12.3 Å². The summed E-state index contributed by atoms with van der Waals surface area (Å²) in [5, 5.41) is 8.87. The Morgan fingerprint density at radius 2 is 2.25 bits per heavy atom. The molecule has 0 radical (unpaired) electrons. The zero-order valence-electron chi connectivity index (χ0n) is 10.5. The number of hydrogen-bond donors (Lipinski definition) is 1. The van der Waals surface area contributed by atoms with E-state index in [1.54, 1.807) is 0 Å². The van der Waals surface area contributed by atoms with Crippen molar-refractivity contribution in [3.05, 3.63) is 24.0 Å². The normalized spacial score (nSPS) is 19.4. The number of morpholine rings is 1. The van der Waals surface area contributed by atoms with E-state index in [1.807, 2.05) is 0 Å². The standard InChI is InChI=1S/C12H14F2N2O4/c13-10(14)7-15-3-1-2-8(15)11(17)16-4-5-20-9(6-16)12(18)19/h1-3,9-10H,4-7H2,(H,18,19). The predicted octanol–water partition coefficient (Wildman–Crippen LogP) is 0.679. The van der Waals surface area contributed by atoms with E-state index in [-0.39, 0.29) is 25.4 Å². The molecule has 0 aliphatic carbocycles. The molecule has 1 N–H and O–H groups in total. The first-order chi connectivity index (χ1) is 9.49. The number of carbonyl (C=O) groups excluding carboxylic acids is 1. The van der Waals surface area contributed by atoms with E-state index in [0.29, 0.717) is 0 Å². The van der Waals surface area contributed by atoms with E-state index >= 15 is 0 Å². The largest absolute Gasteiger partial charge is 0.479 e. The summed E-state index contributed by atoms with van der Waals surface area (Å²) >= 11 is 0. The summed E-state index contributed by atoms with van der Waals surface area (Å²) in [7, 11) is 0. The molecule has 8 heteroatoms. The van der Waals surface area contributed by atoms with E-state index in [4.69, 9.17) is 9.84 Å². The van der Waals surface area contributed by atoms with Crippen LogP contribution in [0.4, 0.5) is 8.78 Å². The van der Waals surface area contributed by atoms with Crippen LogP contribution in [0.15, 0.2) is 18.3 Å². The van der Waals surface area contributed by atoms with Gasteiger partial charge < -0.3 is 19.3 Å². The Labute approximate surface area is 113 Å². The topological polar surface area (TPSA) is 71.8 Å². The molecule has 1 aliphatic rings. The van der Waals surface area contributed by atoms with E-state index in [1.165, 1.54) is 23.2 Å². The molecule has 1 aliphatic heterocycles. The van der Waals surface area contributed by atoms with Gasteiger partial charge in [0.15, 0.2) is 6.10 Å². The average Bonchev–Trinajstić information content (AvgIpc) is 2.85. The van der Waals surface area contributed by atoms with Crippen LogP contribution in [-0.4, -0.2) is 58.7 Å². The van der Waals surface area contributed by atoms with Gasteiger partial charge in [-0.1, -0.05) is 0 Å². The van der Waals surface area contributed by atoms with Gasteiger partial charge in [0.05, 0.1) is 19.7 Å². The molecule has 0 aromatic carbocycles. The van der Waals surface area contributed by atoms with Crippen LogP contribution in [0.5, 0.6) is 0 Å². The maximum atomic E-state index is 12.4. The zero-order valence-corrected chi connectivity index (χ0v) is 10.5. The molecule has 1 unspecified atom stereocenters. The minimum Gasteiger partial charge on any atom is -0.479 e. The molecule has 1 aromatic rings. The van der Waals surface area contributed by atoms with Crippen molar-refractivity contribution in [2.75, 3.05) is 19.7 Å². The molecule has 1 amide bonds. The monoisotopic (exact) mass is 288 g/mol. The number of aliphatic carboxylic acids is 1. The highest BCUT2D eigenvalue weighted by molar-refractivity contribution is 5.93. The molecule has 20 heavy (non-hydrogen) atoms. The maximum absolute atomic E-state index is 12.4. The molecule has 0 spiro atoms. The van der Waals surface area contributed by atoms with Crippen molar-refractivity contribution in [3.8, 4) is 0 Å². The summed E-state index contributed by atoms with van der Waals surface area (Å²) in [5.41, 5.74) is 0.122. The quantitative estimate of drug-likeness (QED) is 0.884. The Hall–Kier alpha value is -1.96. The zero-order chi connectivity index (χ0) is 14.7. The van der Waals surface area contributed by atoms with Crippen LogP contribution in [-0.2, 0) is 16.1 Å². The molecule has 110 valence electrons. The average molecular weight is 288 g/mol. The summed E-state index contributed by atoms with van der Waals surface area (Å²) in [4.78, 5) is 24.4. The third-order valence-electron chi connectivity index (χ3n) is 3.01. The number of ether oxygens (including phenoxy) is 1. The van der Waals surface area contributed by atoms with Crippen molar-refractivity contribution in [2.45, 2.75) is 19.1 Å². The molecule has 2 rings (SSSR count). The highest BCUT2D eigenvalue weighted by Gasteiger charge is 2.30. The van der Waals surface area contributed by atoms with Gasteiger partial charge >= 0.3 is 5.97 Å². The Morgan fingerprint density at radius 3 is 2.90 bits per heavy atom. The molecule has 0 saturated carbocycles. The van der Waals surface area contributed by atoms with Crippen molar-refractivity contribution in [3.63, 3.8) is 0 Å². The van der Waals surface area contributed by atoms with Crippen LogP contribution in [0, 0.1) is 0 Å². The lowest BCUT2D eigenvalue weighted by Crippen LogP contribution is -2.49. The van der Waals surface area contributed by atoms with Crippen molar-refractivity contribution in [1.82, 2.24) is 9.47 Å². The fraction of sp³-hybridized carbons (Fsp3) is 0.500. The molecule has 1 fully saturated rings. The predicted molar refractivity (Wildman–Crippen MR) is 63.7 cm³/mol. The third-order valence-corrected chi connectivity index (χ3v) is 3.01. The first-order valence-electron chi connectivity index (χ1n) is 6.06. The van der Waals surface area contributed by atoms with Crippen LogP contribution >= 0.6 is 0 Å². The lowest BCUT2D eigenvalue weighted by molar-refractivity contribution is -0.154. The summed E-state index contributed by atoms with van der Waals surface area (Å²) in [6, 6.07) is 2.95. The van der Waals surface area contributed by atoms with Crippen molar-refractivity contribution in [1.29, 1.82) is 0 Å². The van der Waals surface area contributed by atoms with Crippen molar-refractivity contribution in [2.24, 2.45) is 0 Å². The Bertz CT molecular complexity index is 503. The minimum atomic E-state index is -2.56. The number of carbonyl (C=O) groups is 2. The smallest absolute Gasteiger partial charge is 0.334 e. The summed E-state index contributed by atoms with van der Waals surface area (Å²) in [5.74, 6) is -1.62. The fourth-order valence-corrected chi connectivity index (χ4v) is 2.06. The molecule has 0 bridgehead atoms. The number of rotatable bonds is 4. The maximum Gasteiger partial charge on any atom is 0.334 e. The molecule has 2 heterocycles. The van der Waals surface area contributed by atoms with Crippen LogP contribution in [0.3, 0.4) is 0 Å². The SMILES string of the molecule is O=C(O)C1CN(C(=O)c2cccn2CC(F)F)CCO1. The van der Waals surface area contributed by atoms with Gasteiger partial charge in [-0.15, -0.1) is 0 Å². The molecular formula is C12H14F2N2O4. The first kappa shape index (κ1) is 14.4. The Balaban J connectivity index is 2.11. The number of nitrogens with zero attached hydrogens (tertiary/aromatic N) is 2. The summed E-state index contributed by atoms with van der Waals surface area (Å²) < 4.78 is 31.0. The number of carboxylic acids is 1. The van der Waals surface area contributed by atoms with Crippen molar-refractivity contribution >= 4 is 11.9 Å². The van der Waals surface area contributed by atoms with Gasteiger partial charge in [-0.3, -0.25) is 4.79 Å². The lowest BCUT2D eigenvalue weighted by Gasteiger charge is -2.31. The number of aromatic nitrogens is 1. The van der Waals surface area contributed by atoms with E-state index < -0.39 is 31.0 Å². The van der Waals surface area contributed by atoms with Crippen LogP contribution in [0.1, 0.15) is 10.5 Å². The van der Waals surface area contributed by atoms with Crippen LogP contribution < -0.4 is 0 Å². The minimum absolute atomic E-state index is 0.0893. The highest BCUT2D eigenvalue weighted by Crippen LogP contribution is 2.13. The second-order valence-electron chi connectivity index (χ2n) is 4.39. The first-order valence-corrected chi connectivity index (χ1v) is 6.06.